The van der Waals surface area contributed by atoms with Gasteiger partial charge in [0.15, 0.2) is 0 Å². The van der Waals surface area contributed by atoms with E-state index in [4.69, 9.17) is 10.5 Å². The summed E-state index contributed by atoms with van der Waals surface area (Å²) in [6.45, 7) is 2.06. The van der Waals surface area contributed by atoms with Gasteiger partial charge in [-0.2, -0.15) is 0 Å². The number of nitrogens with two attached hydrogens (primary N) is 1. The maximum Gasteiger partial charge on any atom is 0.128 e. The van der Waals surface area contributed by atoms with Crippen LogP contribution < -0.4 is 10.5 Å². The molecule has 3 aromatic carbocycles. The number of rotatable bonds is 7. The van der Waals surface area contributed by atoms with Gasteiger partial charge in [-0.25, -0.2) is 4.98 Å². The Morgan fingerprint density at radius 2 is 1.53 bits per heavy atom. The zero-order valence-corrected chi connectivity index (χ0v) is 16.9. The number of hydrogen-bond donors (Lipinski definition) is 3. The lowest BCUT2D eigenvalue weighted by molar-refractivity contribution is 0.204. The van der Waals surface area contributed by atoms with Gasteiger partial charge in [0.25, 0.3) is 0 Å². The Morgan fingerprint density at radius 1 is 0.900 bits per heavy atom. The third-order valence-electron chi connectivity index (χ3n) is 5.08. The van der Waals surface area contributed by atoms with Gasteiger partial charge in [-0.15, -0.1) is 0 Å². The molecule has 0 radical (unpaired) electrons. The largest absolute Gasteiger partial charge is 0.489 e. The second kappa shape index (κ2) is 8.53. The van der Waals surface area contributed by atoms with E-state index in [9.17, 15) is 5.11 Å². The smallest absolute Gasteiger partial charge is 0.128 e. The lowest BCUT2D eigenvalue weighted by Crippen LogP contribution is -2.38. The standard InChI is InChI=1S/C25H25N3O2/c1-25(26,17-29)24-27-15-23(28-24)21-11-13-22(14-12-21)30-16-18-7-9-20(10-8-18)19-5-3-2-4-6-19/h2-15,29H,16-17,26H2,1H3,(H,27,28). The van der Waals surface area contributed by atoms with Crippen molar-refractivity contribution in [2.75, 3.05) is 6.61 Å². The molecule has 5 heteroatoms. The van der Waals surface area contributed by atoms with Crippen LogP contribution in [0, 0.1) is 0 Å². The Balaban J connectivity index is 1.38. The minimum atomic E-state index is -0.892. The van der Waals surface area contributed by atoms with E-state index in [1.807, 2.05) is 42.5 Å². The molecule has 0 aliphatic heterocycles. The van der Waals surface area contributed by atoms with Crippen molar-refractivity contribution in [2.45, 2.75) is 19.1 Å². The van der Waals surface area contributed by atoms with Gasteiger partial charge in [0.05, 0.1) is 24.0 Å². The highest BCUT2D eigenvalue weighted by Gasteiger charge is 2.23. The Labute approximate surface area is 176 Å². The summed E-state index contributed by atoms with van der Waals surface area (Å²) in [4.78, 5) is 7.47. The number of nitrogens with zero attached hydrogens (tertiary/aromatic N) is 1. The van der Waals surface area contributed by atoms with Gasteiger partial charge in [-0.05, 0) is 53.4 Å². The molecule has 4 rings (SSSR count). The summed E-state index contributed by atoms with van der Waals surface area (Å²) in [6.07, 6.45) is 1.72. The second-order valence-electron chi connectivity index (χ2n) is 7.60. The minimum Gasteiger partial charge on any atom is -0.489 e. The van der Waals surface area contributed by atoms with Crippen LogP contribution in [0.3, 0.4) is 0 Å². The molecule has 1 aromatic heterocycles. The Kier molecular flexibility index (Phi) is 5.65. The maximum absolute atomic E-state index is 9.39. The molecule has 0 saturated carbocycles. The summed E-state index contributed by atoms with van der Waals surface area (Å²) in [5, 5.41) is 9.39. The molecule has 152 valence electrons. The van der Waals surface area contributed by atoms with Gasteiger partial charge in [-0.1, -0.05) is 54.6 Å². The number of aromatic amines is 1. The van der Waals surface area contributed by atoms with E-state index in [-0.39, 0.29) is 6.61 Å². The van der Waals surface area contributed by atoms with E-state index in [0.717, 1.165) is 22.6 Å². The van der Waals surface area contributed by atoms with Gasteiger partial charge in [0.2, 0.25) is 0 Å². The molecular weight excluding hydrogens is 374 g/mol. The summed E-state index contributed by atoms with van der Waals surface area (Å²) in [7, 11) is 0. The summed E-state index contributed by atoms with van der Waals surface area (Å²) >= 11 is 0. The van der Waals surface area contributed by atoms with Crippen molar-refractivity contribution in [1.82, 2.24) is 9.97 Å². The van der Waals surface area contributed by atoms with Gasteiger partial charge >= 0.3 is 0 Å². The van der Waals surface area contributed by atoms with Gasteiger partial charge < -0.3 is 20.6 Å². The first-order chi connectivity index (χ1) is 14.5. The number of nitrogens with one attached hydrogen (secondary N) is 1. The number of benzene rings is 3. The summed E-state index contributed by atoms with van der Waals surface area (Å²) in [5.41, 5.74) is 10.5. The quantitative estimate of drug-likeness (QED) is 0.428. The Bertz CT molecular complexity index is 1090. The number of H-pyrrole nitrogens is 1. The van der Waals surface area contributed by atoms with Crippen molar-refractivity contribution in [1.29, 1.82) is 0 Å². The molecule has 4 N–H and O–H groups in total. The average Bonchev–Trinajstić information content (AvgIpc) is 3.30. The van der Waals surface area contributed by atoms with Crippen molar-refractivity contribution in [3.05, 3.63) is 96.4 Å². The number of aromatic nitrogens is 2. The fourth-order valence-electron chi connectivity index (χ4n) is 3.15. The molecule has 5 nitrogen and oxygen atoms in total. The zero-order valence-electron chi connectivity index (χ0n) is 16.9. The molecule has 0 spiro atoms. The first kappa shape index (κ1) is 19.9. The van der Waals surface area contributed by atoms with E-state index in [0.29, 0.717) is 12.4 Å². The van der Waals surface area contributed by atoms with Crippen molar-refractivity contribution >= 4 is 0 Å². The summed E-state index contributed by atoms with van der Waals surface area (Å²) in [6, 6.07) is 26.5. The SMILES string of the molecule is CC(N)(CO)c1ncc(-c2ccc(OCc3ccc(-c4ccccc4)cc3)cc2)[nH]1. The first-order valence-electron chi connectivity index (χ1n) is 9.88. The van der Waals surface area contributed by atoms with Crippen molar-refractivity contribution < 1.29 is 9.84 Å². The van der Waals surface area contributed by atoms with E-state index in [1.165, 1.54) is 11.1 Å². The number of aliphatic hydroxyl groups excluding tert-OH is 1. The highest BCUT2D eigenvalue weighted by molar-refractivity contribution is 5.63. The van der Waals surface area contributed by atoms with Crippen LogP contribution in [0.4, 0.5) is 0 Å². The molecule has 1 atom stereocenters. The molecule has 0 saturated heterocycles. The third-order valence-corrected chi connectivity index (χ3v) is 5.08. The van der Waals surface area contributed by atoms with Crippen molar-refractivity contribution in [2.24, 2.45) is 5.73 Å². The Hall–Kier alpha value is -3.41. The average molecular weight is 399 g/mol. The van der Waals surface area contributed by atoms with E-state index in [1.54, 1.807) is 13.1 Å². The van der Waals surface area contributed by atoms with Gasteiger partial charge in [-0.3, -0.25) is 0 Å². The van der Waals surface area contributed by atoms with Gasteiger partial charge in [0.1, 0.15) is 18.2 Å². The highest BCUT2D eigenvalue weighted by Crippen LogP contribution is 2.24. The molecule has 0 aliphatic carbocycles. The predicted octanol–water partition coefficient (Wildman–Crippen LogP) is 4.49. The van der Waals surface area contributed by atoms with Crippen LogP contribution in [0.15, 0.2) is 85.1 Å². The second-order valence-corrected chi connectivity index (χ2v) is 7.60. The molecule has 30 heavy (non-hydrogen) atoms. The van der Waals surface area contributed by atoms with E-state index >= 15 is 0 Å². The number of hydrogen-bond acceptors (Lipinski definition) is 4. The minimum absolute atomic E-state index is 0.181. The van der Waals surface area contributed by atoms with Crippen LogP contribution in [0.5, 0.6) is 5.75 Å². The normalized spacial score (nSPS) is 13.0. The summed E-state index contributed by atoms with van der Waals surface area (Å²) < 4.78 is 5.93. The molecule has 0 amide bonds. The molecule has 0 bridgehead atoms. The number of ether oxygens (including phenoxy) is 1. The summed E-state index contributed by atoms with van der Waals surface area (Å²) in [5.74, 6) is 1.35. The highest BCUT2D eigenvalue weighted by atomic mass is 16.5. The molecule has 0 fully saturated rings. The maximum atomic E-state index is 9.39. The fraction of sp³-hybridized carbons (Fsp3) is 0.160. The van der Waals surface area contributed by atoms with Gasteiger partial charge in [0, 0.05) is 0 Å². The number of aliphatic hydroxyl groups is 1. The third kappa shape index (κ3) is 4.43. The van der Waals surface area contributed by atoms with Crippen LogP contribution in [-0.4, -0.2) is 21.7 Å². The first-order valence-corrected chi connectivity index (χ1v) is 9.88. The number of imidazole rings is 1. The molecule has 0 aliphatic rings. The van der Waals surface area contributed by atoms with Crippen LogP contribution in [0.1, 0.15) is 18.3 Å². The monoisotopic (exact) mass is 399 g/mol. The molecule has 4 aromatic rings. The van der Waals surface area contributed by atoms with E-state index in [2.05, 4.69) is 46.4 Å². The van der Waals surface area contributed by atoms with Crippen LogP contribution >= 0.6 is 0 Å². The van der Waals surface area contributed by atoms with Crippen LogP contribution in [0.25, 0.3) is 22.4 Å². The van der Waals surface area contributed by atoms with Crippen LogP contribution in [0.2, 0.25) is 0 Å². The van der Waals surface area contributed by atoms with Crippen LogP contribution in [-0.2, 0) is 12.1 Å². The van der Waals surface area contributed by atoms with Crippen molar-refractivity contribution in [3.8, 4) is 28.1 Å². The Morgan fingerprint density at radius 3 is 2.20 bits per heavy atom. The topological polar surface area (TPSA) is 84.2 Å². The fourth-order valence-corrected chi connectivity index (χ4v) is 3.15. The zero-order chi connectivity index (χ0) is 21.0. The molecular formula is C25H25N3O2. The lowest BCUT2D eigenvalue weighted by Gasteiger charge is -2.18. The van der Waals surface area contributed by atoms with E-state index < -0.39 is 5.54 Å². The van der Waals surface area contributed by atoms with Crippen molar-refractivity contribution in [3.63, 3.8) is 0 Å². The predicted molar refractivity (Wildman–Crippen MR) is 119 cm³/mol. The lowest BCUT2D eigenvalue weighted by atomic mass is 10.0. The molecule has 1 heterocycles. The molecule has 1 unspecified atom stereocenters.